The summed E-state index contributed by atoms with van der Waals surface area (Å²) >= 11 is 6.14. The number of para-hydroxylation sites is 1. The number of carbonyl (C=O) groups is 2. The average molecular weight is 443 g/mol. The van der Waals surface area contributed by atoms with Gasteiger partial charge < -0.3 is 9.88 Å². The minimum Gasteiger partial charge on any atom is -0.346 e. The van der Waals surface area contributed by atoms with Crippen LogP contribution in [0.25, 0.3) is 10.9 Å². The first-order valence-electron chi connectivity index (χ1n) is 10.4. The number of hydrogen-bond acceptors (Lipinski definition) is 3. The Kier molecular flexibility index (Phi) is 5.11. The Morgan fingerprint density at radius 2 is 1.75 bits per heavy atom. The van der Waals surface area contributed by atoms with E-state index in [9.17, 15) is 14.4 Å². The molecule has 1 aromatic heterocycles. The summed E-state index contributed by atoms with van der Waals surface area (Å²) in [5.74, 6) is -0.820. The third kappa shape index (κ3) is 3.51. The van der Waals surface area contributed by atoms with Gasteiger partial charge in [0.05, 0.1) is 11.2 Å². The van der Waals surface area contributed by atoms with Crippen LogP contribution in [0, 0.1) is 0 Å². The summed E-state index contributed by atoms with van der Waals surface area (Å²) in [6, 6.07) is 19.1. The van der Waals surface area contributed by atoms with Gasteiger partial charge in [0.2, 0.25) is 5.43 Å². The lowest BCUT2D eigenvalue weighted by Gasteiger charge is -2.20. The van der Waals surface area contributed by atoms with Gasteiger partial charge in [0.25, 0.3) is 5.91 Å². The van der Waals surface area contributed by atoms with Crippen molar-refractivity contribution in [3.63, 3.8) is 0 Å². The van der Waals surface area contributed by atoms with Crippen LogP contribution in [0.2, 0.25) is 5.02 Å². The van der Waals surface area contributed by atoms with Crippen LogP contribution < -0.4 is 10.7 Å². The van der Waals surface area contributed by atoms with Crippen molar-refractivity contribution in [3.8, 4) is 0 Å². The Morgan fingerprint density at radius 3 is 2.56 bits per heavy atom. The fraction of sp³-hybridized carbons (Fsp3) is 0.115. The second kappa shape index (κ2) is 8.09. The SMILES string of the molecule is O=C(c1ccccc1)c1cc(Cl)ccc1NC(=O)c1cn2c3c(cccc3c1=O)CCC2. The number of anilines is 1. The highest BCUT2D eigenvalue weighted by Gasteiger charge is 2.21. The molecule has 2 heterocycles. The molecule has 0 saturated heterocycles. The van der Waals surface area contributed by atoms with E-state index >= 15 is 0 Å². The van der Waals surface area contributed by atoms with Gasteiger partial charge in [-0.25, -0.2) is 0 Å². The maximum absolute atomic E-state index is 13.2. The molecule has 0 atom stereocenters. The highest BCUT2D eigenvalue weighted by atomic mass is 35.5. The molecular weight excluding hydrogens is 424 g/mol. The van der Waals surface area contributed by atoms with E-state index < -0.39 is 5.91 Å². The molecule has 0 unspecified atom stereocenters. The number of benzene rings is 3. The van der Waals surface area contributed by atoms with Gasteiger partial charge in [-0.2, -0.15) is 0 Å². The minimum atomic E-state index is -0.555. The first-order chi connectivity index (χ1) is 15.5. The zero-order chi connectivity index (χ0) is 22.2. The predicted octanol–water partition coefficient (Wildman–Crippen LogP) is 5.08. The standard InChI is InChI=1S/C26H19ClN2O3/c27-18-11-12-22(20(14-18)24(30)17-6-2-1-3-7-17)28-26(32)21-15-29-13-5-9-16-8-4-10-19(23(16)29)25(21)31/h1-4,6-8,10-12,14-15H,5,9,13H2,(H,28,32). The van der Waals surface area contributed by atoms with Gasteiger partial charge in [-0.15, -0.1) is 0 Å². The Labute approximate surface area is 189 Å². The van der Waals surface area contributed by atoms with Crippen LogP contribution in [0.5, 0.6) is 0 Å². The van der Waals surface area contributed by atoms with Gasteiger partial charge in [0.1, 0.15) is 5.56 Å². The number of nitrogens with zero attached hydrogens (tertiary/aromatic N) is 1. The molecule has 5 rings (SSSR count). The van der Waals surface area contributed by atoms with Gasteiger partial charge in [0, 0.05) is 34.3 Å². The zero-order valence-corrected chi connectivity index (χ0v) is 17.9. The fourth-order valence-electron chi connectivity index (χ4n) is 4.27. The monoisotopic (exact) mass is 442 g/mol. The number of nitrogens with one attached hydrogen (secondary N) is 1. The number of amides is 1. The Morgan fingerprint density at radius 1 is 0.938 bits per heavy atom. The smallest absolute Gasteiger partial charge is 0.261 e. The minimum absolute atomic E-state index is 0.0459. The van der Waals surface area contributed by atoms with Crippen LogP contribution >= 0.6 is 11.6 Å². The molecule has 5 nitrogen and oxygen atoms in total. The maximum Gasteiger partial charge on any atom is 0.261 e. The second-order valence-corrected chi connectivity index (χ2v) is 8.26. The molecule has 4 aromatic rings. The largest absolute Gasteiger partial charge is 0.346 e. The van der Waals surface area contributed by atoms with Gasteiger partial charge >= 0.3 is 0 Å². The van der Waals surface area contributed by atoms with Crippen molar-refractivity contribution in [3.05, 3.63) is 110 Å². The van der Waals surface area contributed by atoms with Crippen molar-refractivity contribution >= 4 is 39.9 Å². The van der Waals surface area contributed by atoms with E-state index in [0.29, 0.717) is 21.7 Å². The molecule has 0 aliphatic carbocycles. The first kappa shape index (κ1) is 20.2. The number of halogens is 1. The summed E-state index contributed by atoms with van der Waals surface area (Å²) in [6.45, 7) is 0.743. The molecule has 0 bridgehead atoms. The number of aryl methyl sites for hydroxylation is 2. The third-order valence-corrected chi connectivity index (χ3v) is 6.02. The summed E-state index contributed by atoms with van der Waals surface area (Å²) in [7, 11) is 0. The van der Waals surface area contributed by atoms with E-state index in [1.807, 2.05) is 22.8 Å². The molecule has 1 amide bonds. The number of hydrogen-bond donors (Lipinski definition) is 1. The summed E-state index contributed by atoms with van der Waals surface area (Å²) < 4.78 is 1.97. The van der Waals surface area contributed by atoms with E-state index in [0.717, 1.165) is 30.5 Å². The van der Waals surface area contributed by atoms with Crippen LogP contribution in [0.4, 0.5) is 5.69 Å². The van der Waals surface area contributed by atoms with Crippen molar-refractivity contribution in [2.45, 2.75) is 19.4 Å². The first-order valence-corrected chi connectivity index (χ1v) is 10.8. The number of ketones is 1. The molecule has 32 heavy (non-hydrogen) atoms. The van der Waals surface area contributed by atoms with Crippen LogP contribution in [0.1, 0.15) is 38.3 Å². The summed E-state index contributed by atoms with van der Waals surface area (Å²) in [5.41, 5.74) is 2.79. The predicted molar refractivity (Wildman–Crippen MR) is 126 cm³/mol. The zero-order valence-electron chi connectivity index (χ0n) is 17.1. The lowest BCUT2D eigenvalue weighted by atomic mass is 9.99. The van der Waals surface area contributed by atoms with Gasteiger partial charge in [-0.3, -0.25) is 14.4 Å². The summed E-state index contributed by atoms with van der Waals surface area (Å²) in [6.07, 6.45) is 3.48. The van der Waals surface area contributed by atoms with Crippen molar-refractivity contribution in [2.75, 3.05) is 5.32 Å². The number of pyridine rings is 1. The molecule has 0 saturated carbocycles. The topological polar surface area (TPSA) is 68.2 Å². The molecule has 0 fully saturated rings. The number of aromatic nitrogens is 1. The molecule has 158 valence electrons. The van der Waals surface area contributed by atoms with Crippen molar-refractivity contribution < 1.29 is 9.59 Å². The molecule has 0 radical (unpaired) electrons. The van der Waals surface area contributed by atoms with Crippen molar-refractivity contribution in [1.82, 2.24) is 4.57 Å². The van der Waals surface area contributed by atoms with E-state index in [2.05, 4.69) is 5.32 Å². The van der Waals surface area contributed by atoms with Crippen LogP contribution in [-0.2, 0) is 13.0 Å². The van der Waals surface area contributed by atoms with E-state index in [1.165, 1.54) is 6.07 Å². The Bertz CT molecular complexity index is 1440. The third-order valence-electron chi connectivity index (χ3n) is 5.78. The van der Waals surface area contributed by atoms with Crippen LogP contribution in [0.3, 0.4) is 0 Å². The molecule has 3 aromatic carbocycles. The molecule has 1 aliphatic heterocycles. The maximum atomic E-state index is 13.2. The Balaban J connectivity index is 1.56. The van der Waals surface area contributed by atoms with E-state index in [1.54, 1.807) is 48.7 Å². The lowest BCUT2D eigenvalue weighted by molar-refractivity contribution is 0.102. The molecule has 1 aliphatic rings. The molecule has 0 spiro atoms. The number of carbonyl (C=O) groups excluding carboxylic acids is 2. The lowest BCUT2D eigenvalue weighted by Crippen LogP contribution is -2.26. The van der Waals surface area contributed by atoms with Crippen LogP contribution in [0.15, 0.2) is 77.7 Å². The molecule has 6 heteroatoms. The van der Waals surface area contributed by atoms with E-state index in [-0.39, 0.29) is 22.3 Å². The number of rotatable bonds is 4. The summed E-state index contributed by atoms with van der Waals surface area (Å²) in [5, 5.41) is 3.68. The van der Waals surface area contributed by atoms with Crippen molar-refractivity contribution in [2.24, 2.45) is 0 Å². The average Bonchev–Trinajstić information content (AvgIpc) is 2.82. The van der Waals surface area contributed by atoms with Gasteiger partial charge in [0.15, 0.2) is 5.78 Å². The van der Waals surface area contributed by atoms with Gasteiger partial charge in [-0.1, -0.05) is 54.1 Å². The molecular formula is C26H19ClN2O3. The normalized spacial score (nSPS) is 12.5. The second-order valence-electron chi connectivity index (χ2n) is 7.82. The van der Waals surface area contributed by atoms with Crippen LogP contribution in [-0.4, -0.2) is 16.3 Å². The highest BCUT2D eigenvalue weighted by molar-refractivity contribution is 6.31. The Hall–Kier alpha value is -3.70. The highest BCUT2D eigenvalue weighted by Crippen LogP contribution is 2.26. The fourth-order valence-corrected chi connectivity index (χ4v) is 4.44. The molecule has 1 N–H and O–H groups in total. The van der Waals surface area contributed by atoms with E-state index in [4.69, 9.17) is 11.6 Å². The van der Waals surface area contributed by atoms with Gasteiger partial charge in [-0.05, 0) is 42.7 Å². The quantitative estimate of drug-likeness (QED) is 0.448. The summed E-state index contributed by atoms with van der Waals surface area (Å²) in [4.78, 5) is 39.4. The van der Waals surface area contributed by atoms with Crippen molar-refractivity contribution in [1.29, 1.82) is 0 Å².